The fourth-order valence-corrected chi connectivity index (χ4v) is 4.11. The molecule has 1 fully saturated rings. The highest BCUT2D eigenvalue weighted by Gasteiger charge is 2.34. The van der Waals surface area contributed by atoms with Crippen LogP contribution in [0, 0.1) is 5.82 Å². The summed E-state index contributed by atoms with van der Waals surface area (Å²) in [6.07, 6.45) is 3.08. The van der Waals surface area contributed by atoms with Crippen molar-refractivity contribution in [3.05, 3.63) is 53.8 Å². The van der Waals surface area contributed by atoms with Crippen LogP contribution in [0.3, 0.4) is 0 Å². The summed E-state index contributed by atoms with van der Waals surface area (Å²) in [6.45, 7) is 3.70. The second-order valence-corrected chi connectivity index (χ2v) is 7.68. The number of thioether (sulfide) groups is 1. The second-order valence-electron chi connectivity index (χ2n) is 5.07. The summed E-state index contributed by atoms with van der Waals surface area (Å²) in [4.78, 5) is 15.5. The fraction of sp³-hybridized carbons (Fsp3) is 0.200. The van der Waals surface area contributed by atoms with E-state index in [0.29, 0.717) is 4.91 Å². The number of amides is 1. The van der Waals surface area contributed by atoms with E-state index in [2.05, 4.69) is 11.0 Å². The normalized spacial score (nSPS) is 18.5. The van der Waals surface area contributed by atoms with E-state index >= 15 is 0 Å². The van der Waals surface area contributed by atoms with Crippen LogP contribution in [0.4, 0.5) is 4.39 Å². The number of sulfonamides is 1. The Kier molecular flexibility index (Phi) is 5.45. The highest BCUT2D eigenvalue weighted by atomic mass is 32.2. The molecule has 1 amide bonds. The molecule has 1 heterocycles. The zero-order valence-corrected chi connectivity index (χ0v) is 14.8. The van der Waals surface area contributed by atoms with Gasteiger partial charge in [0.1, 0.15) is 5.82 Å². The molecule has 0 aromatic heterocycles. The predicted octanol–water partition coefficient (Wildman–Crippen LogP) is 2.03. The van der Waals surface area contributed by atoms with Gasteiger partial charge in [0.15, 0.2) is 5.17 Å². The van der Waals surface area contributed by atoms with Crippen LogP contribution in [0.1, 0.15) is 0 Å². The van der Waals surface area contributed by atoms with Crippen LogP contribution in [0.25, 0.3) is 0 Å². The first-order valence-electron chi connectivity index (χ1n) is 6.84. The highest BCUT2D eigenvalue weighted by molar-refractivity contribution is 8.19. The molecule has 0 radical (unpaired) electrons. The van der Waals surface area contributed by atoms with Crippen LogP contribution in [0.5, 0.6) is 0 Å². The van der Waals surface area contributed by atoms with Crippen molar-refractivity contribution in [2.45, 2.75) is 4.90 Å². The van der Waals surface area contributed by atoms with E-state index in [1.54, 1.807) is 25.2 Å². The Bertz CT molecular complexity index is 815. The Morgan fingerprint density at radius 1 is 1.33 bits per heavy atom. The molecule has 24 heavy (non-hydrogen) atoms. The summed E-state index contributed by atoms with van der Waals surface area (Å²) in [5.74, 6) is -0.891. The summed E-state index contributed by atoms with van der Waals surface area (Å²) in [5.41, 5.74) is 0. The Hall–Kier alpha value is -2.13. The van der Waals surface area contributed by atoms with E-state index < -0.39 is 15.8 Å². The lowest BCUT2D eigenvalue weighted by Crippen LogP contribution is -2.30. The Morgan fingerprint density at radius 3 is 2.50 bits per heavy atom. The minimum atomic E-state index is -4.06. The van der Waals surface area contributed by atoms with Crippen molar-refractivity contribution in [1.82, 2.24) is 9.80 Å². The number of benzene rings is 1. The van der Waals surface area contributed by atoms with Crippen molar-refractivity contribution in [2.24, 2.45) is 4.40 Å². The maximum absolute atomic E-state index is 13.0. The van der Waals surface area contributed by atoms with Gasteiger partial charge in [-0.2, -0.15) is 8.42 Å². The van der Waals surface area contributed by atoms with E-state index in [1.165, 1.54) is 11.0 Å². The van der Waals surface area contributed by atoms with Crippen LogP contribution >= 0.6 is 11.8 Å². The Balaban J connectivity index is 2.43. The largest absolute Gasteiger partial charge is 0.382 e. The molecule has 1 saturated heterocycles. The van der Waals surface area contributed by atoms with Gasteiger partial charge in [-0.05, 0) is 36.0 Å². The number of nitrogens with zero attached hydrogens (tertiary/aromatic N) is 3. The van der Waals surface area contributed by atoms with Gasteiger partial charge in [-0.1, -0.05) is 6.08 Å². The first-order chi connectivity index (χ1) is 11.2. The van der Waals surface area contributed by atoms with Crippen LogP contribution < -0.4 is 0 Å². The van der Waals surface area contributed by atoms with Crippen molar-refractivity contribution in [3.63, 3.8) is 0 Å². The van der Waals surface area contributed by atoms with Gasteiger partial charge in [-0.3, -0.25) is 9.69 Å². The molecule has 0 aliphatic carbocycles. The summed E-state index contributed by atoms with van der Waals surface area (Å²) in [6, 6.07) is 4.34. The topological polar surface area (TPSA) is 70.1 Å². The number of rotatable bonds is 5. The first kappa shape index (κ1) is 18.2. The summed E-state index contributed by atoms with van der Waals surface area (Å²) in [5, 5.41) is 0.0392. The van der Waals surface area contributed by atoms with Gasteiger partial charge in [-0.25, -0.2) is 4.39 Å². The molecule has 0 unspecified atom stereocenters. The van der Waals surface area contributed by atoms with Gasteiger partial charge >= 0.3 is 0 Å². The average molecular weight is 369 g/mol. The summed E-state index contributed by atoms with van der Waals surface area (Å²) < 4.78 is 41.4. The number of carbonyl (C=O) groups is 1. The molecule has 1 aliphatic rings. The van der Waals surface area contributed by atoms with E-state index in [9.17, 15) is 17.6 Å². The SMILES string of the molecule is C=CCN1C(=O)/C(=C/N(C)C)S/C1=N/S(=O)(=O)c1ccc(F)cc1. The van der Waals surface area contributed by atoms with Crippen LogP contribution in [-0.2, 0) is 14.8 Å². The van der Waals surface area contributed by atoms with Gasteiger partial charge in [0.2, 0.25) is 0 Å². The number of hydrogen-bond donors (Lipinski definition) is 0. The van der Waals surface area contributed by atoms with Gasteiger partial charge in [-0.15, -0.1) is 11.0 Å². The highest BCUT2D eigenvalue weighted by Crippen LogP contribution is 2.32. The molecule has 128 valence electrons. The van der Waals surface area contributed by atoms with E-state index in [4.69, 9.17) is 0 Å². The van der Waals surface area contributed by atoms with E-state index in [1.807, 2.05) is 0 Å². The predicted molar refractivity (Wildman–Crippen MR) is 92.3 cm³/mol. The molecule has 0 saturated carbocycles. The zero-order valence-electron chi connectivity index (χ0n) is 13.1. The Labute approximate surface area is 144 Å². The van der Waals surface area contributed by atoms with Gasteiger partial charge in [0.05, 0.1) is 9.80 Å². The van der Waals surface area contributed by atoms with Crippen LogP contribution in [0.2, 0.25) is 0 Å². The molecule has 2 rings (SSSR count). The van der Waals surface area contributed by atoms with Crippen LogP contribution in [-0.4, -0.2) is 49.9 Å². The lowest BCUT2D eigenvalue weighted by molar-refractivity contribution is -0.121. The lowest BCUT2D eigenvalue weighted by atomic mass is 10.4. The fourth-order valence-electron chi connectivity index (χ4n) is 1.85. The quantitative estimate of drug-likeness (QED) is 0.587. The third-order valence-electron chi connectivity index (χ3n) is 2.88. The van der Waals surface area contributed by atoms with E-state index in [-0.39, 0.29) is 22.5 Å². The minimum Gasteiger partial charge on any atom is -0.382 e. The maximum atomic E-state index is 13.0. The third-order valence-corrected chi connectivity index (χ3v) is 5.28. The van der Waals surface area contributed by atoms with Gasteiger partial charge in [0.25, 0.3) is 15.9 Å². The molecule has 6 nitrogen and oxygen atoms in total. The molecule has 1 aliphatic heterocycles. The molecular weight excluding hydrogens is 353 g/mol. The lowest BCUT2D eigenvalue weighted by Gasteiger charge is -2.12. The molecule has 0 bridgehead atoms. The molecule has 1 aromatic carbocycles. The number of hydrogen-bond acceptors (Lipinski definition) is 5. The van der Waals surface area contributed by atoms with Crippen molar-refractivity contribution in [3.8, 4) is 0 Å². The molecular formula is C15H16FN3O3S2. The van der Waals surface area contributed by atoms with Crippen molar-refractivity contribution in [2.75, 3.05) is 20.6 Å². The standard InChI is InChI=1S/C15H16FN3O3S2/c1-4-9-19-14(20)13(10-18(2)3)23-15(19)17-24(21,22)12-7-5-11(16)6-8-12/h4-8,10H,1,9H2,2-3H3/b13-10-,17-15+. The van der Waals surface area contributed by atoms with Crippen LogP contribution in [0.15, 0.2) is 57.3 Å². The summed E-state index contributed by atoms with van der Waals surface area (Å²) in [7, 11) is -0.549. The van der Waals surface area contributed by atoms with E-state index in [0.717, 1.165) is 36.0 Å². The first-order valence-corrected chi connectivity index (χ1v) is 9.09. The second kappa shape index (κ2) is 7.18. The van der Waals surface area contributed by atoms with Gasteiger partial charge in [0, 0.05) is 26.8 Å². The molecule has 0 atom stereocenters. The third kappa shape index (κ3) is 4.04. The van der Waals surface area contributed by atoms with Crippen molar-refractivity contribution < 1.29 is 17.6 Å². The smallest absolute Gasteiger partial charge is 0.284 e. The zero-order chi connectivity index (χ0) is 17.9. The minimum absolute atomic E-state index is 0.0392. The molecule has 0 N–H and O–H groups in total. The maximum Gasteiger partial charge on any atom is 0.284 e. The number of carbonyl (C=O) groups excluding carboxylic acids is 1. The average Bonchev–Trinajstić information content (AvgIpc) is 2.75. The monoisotopic (exact) mass is 369 g/mol. The Morgan fingerprint density at radius 2 is 1.96 bits per heavy atom. The van der Waals surface area contributed by atoms with Gasteiger partial charge < -0.3 is 4.90 Å². The molecule has 1 aromatic rings. The number of amidine groups is 1. The number of halogens is 1. The molecule has 0 spiro atoms. The molecule has 9 heteroatoms. The van der Waals surface area contributed by atoms with Crippen molar-refractivity contribution >= 4 is 32.9 Å². The van der Waals surface area contributed by atoms with Crippen molar-refractivity contribution in [1.29, 1.82) is 0 Å². The summed E-state index contributed by atoms with van der Waals surface area (Å²) >= 11 is 0.965.